The Morgan fingerprint density at radius 3 is 2.81 bits per heavy atom. The molecule has 3 heteroatoms. The van der Waals surface area contributed by atoms with Crippen molar-refractivity contribution in [2.45, 2.75) is 39.2 Å². The van der Waals surface area contributed by atoms with Gasteiger partial charge < -0.3 is 10.6 Å². The summed E-state index contributed by atoms with van der Waals surface area (Å²) < 4.78 is 0. The molecule has 86 valence electrons. The van der Waals surface area contributed by atoms with Gasteiger partial charge in [-0.05, 0) is 44.4 Å². The number of carbonyl (C=O) groups excluding carboxylic acids is 1. The minimum Gasteiger partial charge on any atom is -0.398 e. The summed E-state index contributed by atoms with van der Waals surface area (Å²) in [6.07, 6.45) is 2.72. The fourth-order valence-corrected chi connectivity index (χ4v) is 2.22. The lowest BCUT2D eigenvalue weighted by molar-refractivity contribution is -0.120. The highest BCUT2D eigenvalue weighted by molar-refractivity contribution is 5.95. The highest BCUT2D eigenvalue weighted by Crippen LogP contribution is 2.28. The number of nitrogens with two attached hydrogens (primary N) is 1. The molecule has 0 bridgehead atoms. The minimum absolute atomic E-state index is 0.210. The van der Waals surface area contributed by atoms with E-state index in [4.69, 9.17) is 5.73 Å². The second kappa shape index (κ2) is 4.16. The van der Waals surface area contributed by atoms with E-state index in [1.54, 1.807) is 0 Å². The molecule has 0 radical (unpaired) electrons. The lowest BCUT2D eigenvalue weighted by Crippen LogP contribution is -2.42. The Hall–Kier alpha value is -1.51. The number of anilines is 2. The van der Waals surface area contributed by atoms with Crippen LogP contribution in [0.4, 0.5) is 11.4 Å². The third-order valence-electron chi connectivity index (χ3n) is 3.26. The van der Waals surface area contributed by atoms with Crippen molar-refractivity contribution in [2.24, 2.45) is 0 Å². The first-order chi connectivity index (χ1) is 7.59. The summed E-state index contributed by atoms with van der Waals surface area (Å²) in [5.41, 5.74) is 8.62. The zero-order valence-electron chi connectivity index (χ0n) is 9.86. The largest absolute Gasteiger partial charge is 0.398 e. The summed E-state index contributed by atoms with van der Waals surface area (Å²) >= 11 is 0. The van der Waals surface area contributed by atoms with Gasteiger partial charge in [-0.1, -0.05) is 6.07 Å². The van der Waals surface area contributed by atoms with Gasteiger partial charge >= 0.3 is 0 Å². The summed E-state index contributed by atoms with van der Waals surface area (Å²) in [5, 5.41) is 0. The molecule has 1 atom stereocenters. The van der Waals surface area contributed by atoms with E-state index in [1.807, 2.05) is 30.0 Å². The molecule has 16 heavy (non-hydrogen) atoms. The van der Waals surface area contributed by atoms with Gasteiger partial charge in [0.1, 0.15) is 0 Å². The number of nitrogen functional groups attached to an aromatic ring is 1. The van der Waals surface area contributed by atoms with Gasteiger partial charge in [0.25, 0.3) is 0 Å². The number of piperidine rings is 1. The number of hydrogen-bond acceptors (Lipinski definition) is 2. The molecular weight excluding hydrogens is 200 g/mol. The number of carbonyl (C=O) groups is 1. The Morgan fingerprint density at radius 2 is 2.19 bits per heavy atom. The lowest BCUT2D eigenvalue weighted by Gasteiger charge is -2.33. The van der Waals surface area contributed by atoms with Crippen LogP contribution in [0.3, 0.4) is 0 Å². The molecule has 3 nitrogen and oxygen atoms in total. The number of rotatable bonds is 1. The quantitative estimate of drug-likeness (QED) is 0.736. The van der Waals surface area contributed by atoms with Crippen molar-refractivity contribution in [3.63, 3.8) is 0 Å². The second-order valence-electron chi connectivity index (χ2n) is 4.55. The summed E-state index contributed by atoms with van der Waals surface area (Å²) in [7, 11) is 0. The van der Waals surface area contributed by atoms with Crippen LogP contribution in [0.1, 0.15) is 31.7 Å². The first-order valence-electron chi connectivity index (χ1n) is 5.78. The smallest absolute Gasteiger partial charge is 0.227 e. The Bertz CT molecular complexity index is 414. The summed E-state index contributed by atoms with van der Waals surface area (Å²) in [4.78, 5) is 13.8. The Kier molecular flexibility index (Phi) is 2.86. The van der Waals surface area contributed by atoms with Gasteiger partial charge in [-0.15, -0.1) is 0 Å². The highest BCUT2D eigenvalue weighted by atomic mass is 16.2. The van der Waals surface area contributed by atoms with E-state index in [0.29, 0.717) is 6.42 Å². The van der Waals surface area contributed by atoms with Gasteiger partial charge in [-0.25, -0.2) is 0 Å². The van der Waals surface area contributed by atoms with E-state index in [1.165, 1.54) is 0 Å². The second-order valence-corrected chi connectivity index (χ2v) is 4.55. The van der Waals surface area contributed by atoms with Crippen molar-refractivity contribution in [1.82, 2.24) is 0 Å². The Balaban J connectivity index is 2.34. The molecule has 0 aromatic heterocycles. The molecule has 1 fully saturated rings. The number of amides is 1. The van der Waals surface area contributed by atoms with E-state index in [-0.39, 0.29) is 11.9 Å². The zero-order valence-corrected chi connectivity index (χ0v) is 9.86. The van der Waals surface area contributed by atoms with E-state index in [2.05, 4.69) is 6.92 Å². The average molecular weight is 218 g/mol. The Labute approximate surface area is 96.2 Å². The molecule has 0 spiro atoms. The molecule has 1 aliphatic heterocycles. The van der Waals surface area contributed by atoms with E-state index in [9.17, 15) is 4.79 Å². The fraction of sp³-hybridized carbons (Fsp3) is 0.462. The lowest BCUT2D eigenvalue weighted by atomic mass is 10.0. The maximum absolute atomic E-state index is 11.9. The molecule has 2 rings (SSSR count). The first-order valence-corrected chi connectivity index (χ1v) is 5.78. The molecule has 1 unspecified atom stereocenters. The van der Waals surface area contributed by atoms with Crippen molar-refractivity contribution < 1.29 is 4.79 Å². The third kappa shape index (κ3) is 1.90. The maximum Gasteiger partial charge on any atom is 0.227 e. The van der Waals surface area contributed by atoms with Crippen LogP contribution < -0.4 is 10.6 Å². The van der Waals surface area contributed by atoms with Crippen molar-refractivity contribution >= 4 is 17.3 Å². The normalized spacial score (nSPS) is 21.2. The first kappa shape index (κ1) is 11.0. The van der Waals surface area contributed by atoms with Crippen LogP contribution in [0.15, 0.2) is 18.2 Å². The Morgan fingerprint density at radius 1 is 1.44 bits per heavy atom. The molecule has 0 saturated carbocycles. The third-order valence-corrected chi connectivity index (χ3v) is 3.26. The topological polar surface area (TPSA) is 46.3 Å². The van der Waals surface area contributed by atoms with Crippen molar-refractivity contribution in [3.05, 3.63) is 23.8 Å². The van der Waals surface area contributed by atoms with E-state index >= 15 is 0 Å². The van der Waals surface area contributed by atoms with Gasteiger partial charge in [-0.2, -0.15) is 0 Å². The molecule has 1 aliphatic rings. The predicted octanol–water partition coefficient (Wildman–Crippen LogP) is 2.48. The van der Waals surface area contributed by atoms with Crippen molar-refractivity contribution in [1.29, 1.82) is 0 Å². The number of nitrogens with zero attached hydrogens (tertiary/aromatic N) is 1. The number of hydrogen-bond donors (Lipinski definition) is 1. The van der Waals surface area contributed by atoms with Gasteiger partial charge in [0.15, 0.2) is 0 Å². The number of benzene rings is 1. The molecule has 1 saturated heterocycles. The van der Waals surface area contributed by atoms with Crippen LogP contribution >= 0.6 is 0 Å². The van der Waals surface area contributed by atoms with Gasteiger partial charge in [-0.3, -0.25) is 4.79 Å². The van der Waals surface area contributed by atoms with E-state index in [0.717, 1.165) is 29.8 Å². The number of aryl methyl sites for hydroxylation is 1. The molecule has 1 amide bonds. The molecule has 2 N–H and O–H groups in total. The van der Waals surface area contributed by atoms with Gasteiger partial charge in [0, 0.05) is 23.8 Å². The maximum atomic E-state index is 11.9. The van der Waals surface area contributed by atoms with Crippen LogP contribution in [0, 0.1) is 6.92 Å². The monoisotopic (exact) mass is 218 g/mol. The standard InChI is InChI=1S/C13H18N2O/c1-9-6-7-11(8-12(9)14)15-10(2)4-3-5-13(15)16/h6-8,10H,3-5,14H2,1-2H3. The van der Waals surface area contributed by atoms with Crippen LogP contribution in [0.2, 0.25) is 0 Å². The zero-order chi connectivity index (χ0) is 11.7. The average Bonchev–Trinajstić information content (AvgIpc) is 2.23. The summed E-state index contributed by atoms with van der Waals surface area (Å²) in [6, 6.07) is 6.13. The molecule has 1 heterocycles. The molecule has 0 aliphatic carbocycles. The van der Waals surface area contributed by atoms with Gasteiger partial charge in [0.2, 0.25) is 5.91 Å². The molecule has 1 aromatic carbocycles. The minimum atomic E-state index is 0.210. The van der Waals surface area contributed by atoms with Crippen molar-refractivity contribution in [3.8, 4) is 0 Å². The SMILES string of the molecule is Cc1ccc(N2C(=O)CCCC2C)cc1N. The van der Waals surface area contributed by atoms with Crippen LogP contribution in [0.5, 0.6) is 0 Å². The molecule has 1 aromatic rings. The van der Waals surface area contributed by atoms with E-state index < -0.39 is 0 Å². The van der Waals surface area contributed by atoms with Crippen LogP contribution in [-0.4, -0.2) is 11.9 Å². The highest BCUT2D eigenvalue weighted by Gasteiger charge is 2.26. The summed E-state index contributed by atoms with van der Waals surface area (Å²) in [5.74, 6) is 0.210. The van der Waals surface area contributed by atoms with Crippen LogP contribution in [0.25, 0.3) is 0 Å². The van der Waals surface area contributed by atoms with Gasteiger partial charge in [0.05, 0.1) is 0 Å². The molecular formula is C13H18N2O. The van der Waals surface area contributed by atoms with Crippen LogP contribution in [-0.2, 0) is 4.79 Å². The predicted molar refractivity (Wildman–Crippen MR) is 66.4 cm³/mol. The van der Waals surface area contributed by atoms with Crippen molar-refractivity contribution in [2.75, 3.05) is 10.6 Å². The fourth-order valence-electron chi connectivity index (χ4n) is 2.22. The summed E-state index contributed by atoms with van der Waals surface area (Å²) in [6.45, 7) is 4.06.